The lowest BCUT2D eigenvalue weighted by molar-refractivity contribution is 0.747. The molecule has 2 aromatic heterocycles. The normalized spacial score (nSPS) is 10.2. The summed E-state index contributed by atoms with van der Waals surface area (Å²) >= 11 is 4.90. The van der Waals surface area contributed by atoms with Gasteiger partial charge in [-0.05, 0) is 12.1 Å². The van der Waals surface area contributed by atoms with Crippen molar-refractivity contribution < 1.29 is 0 Å². The summed E-state index contributed by atoms with van der Waals surface area (Å²) in [4.78, 5) is 8.61. The van der Waals surface area contributed by atoms with Crippen molar-refractivity contribution in [1.29, 1.82) is 0 Å². The first-order valence-corrected chi connectivity index (χ1v) is 5.40. The minimum absolute atomic E-state index is 0.353. The molecule has 0 spiro atoms. The van der Waals surface area contributed by atoms with Gasteiger partial charge in [0.2, 0.25) is 0 Å². The number of hydrogen-bond donors (Lipinski definition) is 2. The molecule has 0 aromatic carbocycles. The highest BCUT2D eigenvalue weighted by atomic mass is 32.1. The second-order valence-electron chi connectivity index (χ2n) is 3.48. The molecule has 0 aliphatic heterocycles. The minimum atomic E-state index is 0.353. The van der Waals surface area contributed by atoms with Crippen molar-refractivity contribution in [2.75, 3.05) is 5.32 Å². The first-order valence-electron chi connectivity index (χ1n) is 4.99. The van der Waals surface area contributed by atoms with Gasteiger partial charge in [0.05, 0.1) is 6.54 Å². The highest BCUT2D eigenvalue weighted by molar-refractivity contribution is 7.80. The molecule has 17 heavy (non-hydrogen) atoms. The van der Waals surface area contributed by atoms with Crippen LogP contribution in [-0.4, -0.2) is 24.7 Å². The number of nitrogens with zero attached hydrogens (tertiary/aromatic N) is 4. The van der Waals surface area contributed by atoms with Crippen LogP contribution < -0.4 is 11.1 Å². The molecule has 3 N–H and O–H groups in total. The Balaban J connectivity index is 2.04. The summed E-state index contributed by atoms with van der Waals surface area (Å²) in [6.45, 7) is 0.509. The average Bonchev–Trinajstić information content (AvgIpc) is 2.73. The molecule has 0 radical (unpaired) electrons. The highest BCUT2D eigenvalue weighted by Gasteiger charge is 2.01. The van der Waals surface area contributed by atoms with Gasteiger partial charge in [-0.15, -0.1) is 0 Å². The minimum Gasteiger partial charge on any atom is -0.389 e. The zero-order chi connectivity index (χ0) is 12.3. The number of thiocarbonyl (C=S) groups is 1. The summed E-state index contributed by atoms with van der Waals surface area (Å²) in [5.74, 6) is 1.40. The molecule has 6 nitrogen and oxygen atoms in total. The number of anilines is 1. The first-order chi connectivity index (χ1) is 8.15. The molecule has 2 aromatic rings. The molecule has 0 aliphatic rings. The van der Waals surface area contributed by atoms with E-state index >= 15 is 0 Å². The topological polar surface area (TPSA) is 81.7 Å². The summed E-state index contributed by atoms with van der Waals surface area (Å²) in [5.41, 5.74) is 6.32. The van der Waals surface area contributed by atoms with Crippen LogP contribution in [0.4, 0.5) is 5.82 Å². The van der Waals surface area contributed by atoms with Crippen molar-refractivity contribution in [2.45, 2.75) is 6.54 Å². The fraction of sp³-hybridized carbons (Fsp3) is 0.200. The Bertz CT molecular complexity index is 535. The van der Waals surface area contributed by atoms with Crippen molar-refractivity contribution in [3.05, 3.63) is 36.0 Å². The van der Waals surface area contributed by atoms with Crippen LogP contribution in [0.15, 0.2) is 24.7 Å². The van der Waals surface area contributed by atoms with Gasteiger partial charge in [-0.1, -0.05) is 12.2 Å². The molecule has 0 bridgehead atoms. The third kappa shape index (κ3) is 2.97. The first kappa shape index (κ1) is 11.5. The molecule has 2 rings (SSSR count). The van der Waals surface area contributed by atoms with Crippen LogP contribution in [0, 0.1) is 0 Å². The van der Waals surface area contributed by atoms with E-state index in [4.69, 9.17) is 18.0 Å². The van der Waals surface area contributed by atoms with Crippen molar-refractivity contribution in [3.63, 3.8) is 0 Å². The van der Waals surface area contributed by atoms with E-state index < -0.39 is 0 Å². The predicted octanol–water partition coefficient (Wildman–Crippen LogP) is 0.456. The van der Waals surface area contributed by atoms with Crippen LogP contribution >= 0.6 is 12.2 Å². The average molecular weight is 248 g/mol. The number of nitrogens with one attached hydrogen (secondary N) is 1. The van der Waals surface area contributed by atoms with Gasteiger partial charge in [-0.25, -0.2) is 9.97 Å². The van der Waals surface area contributed by atoms with Gasteiger partial charge in [-0.3, -0.25) is 4.68 Å². The standard InChI is InChI=1S/C10H12N6S/c1-16-6-14-9(15-16)5-13-8-4-7(10(11)17)2-3-12-8/h2-4,6H,5H2,1H3,(H2,11,17)(H,12,13). The molecule has 0 atom stereocenters. The van der Waals surface area contributed by atoms with E-state index in [1.807, 2.05) is 7.05 Å². The molecule has 2 heterocycles. The maximum absolute atomic E-state index is 5.54. The largest absolute Gasteiger partial charge is 0.389 e. The fourth-order valence-electron chi connectivity index (χ4n) is 1.32. The van der Waals surface area contributed by atoms with E-state index in [1.54, 1.807) is 29.3 Å². The number of hydrogen-bond acceptors (Lipinski definition) is 5. The maximum Gasteiger partial charge on any atom is 0.169 e. The zero-order valence-electron chi connectivity index (χ0n) is 9.29. The predicted molar refractivity (Wildman–Crippen MR) is 68.5 cm³/mol. The second kappa shape index (κ2) is 4.88. The number of rotatable bonds is 4. The van der Waals surface area contributed by atoms with E-state index in [0.717, 1.165) is 5.56 Å². The summed E-state index contributed by atoms with van der Waals surface area (Å²) in [7, 11) is 1.82. The summed E-state index contributed by atoms with van der Waals surface area (Å²) < 4.78 is 1.65. The van der Waals surface area contributed by atoms with Gasteiger partial charge in [0.25, 0.3) is 0 Å². The lowest BCUT2D eigenvalue weighted by Gasteiger charge is -2.04. The summed E-state index contributed by atoms with van der Waals surface area (Å²) in [6, 6.07) is 3.57. The van der Waals surface area contributed by atoms with Crippen molar-refractivity contribution in [3.8, 4) is 0 Å². The monoisotopic (exact) mass is 248 g/mol. The third-order valence-corrected chi connectivity index (χ3v) is 2.35. The van der Waals surface area contributed by atoms with Gasteiger partial charge in [0.15, 0.2) is 5.82 Å². The molecule has 7 heteroatoms. The molecule has 0 amide bonds. The van der Waals surface area contributed by atoms with Crippen molar-refractivity contribution >= 4 is 23.0 Å². The smallest absolute Gasteiger partial charge is 0.169 e. The number of nitrogens with two attached hydrogens (primary N) is 1. The van der Waals surface area contributed by atoms with E-state index in [2.05, 4.69) is 20.4 Å². The Hall–Kier alpha value is -2.02. The van der Waals surface area contributed by atoms with Crippen LogP contribution in [0.25, 0.3) is 0 Å². The van der Waals surface area contributed by atoms with Crippen LogP contribution in [0.1, 0.15) is 11.4 Å². The Morgan fingerprint density at radius 3 is 3.00 bits per heavy atom. The van der Waals surface area contributed by atoms with E-state index in [-0.39, 0.29) is 0 Å². The third-order valence-electron chi connectivity index (χ3n) is 2.12. The Kier molecular flexibility index (Phi) is 3.29. The molecule has 0 fully saturated rings. The van der Waals surface area contributed by atoms with Gasteiger partial charge in [0.1, 0.15) is 17.1 Å². The molecular weight excluding hydrogens is 236 g/mol. The molecule has 0 unspecified atom stereocenters. The van der Waals surface area contributed by atoms with E-state index in [0.29, 0.717) is 23.2 Å². The lowest BCUT2D eigenvalue weighted by atomic mass is 10.2. The van der Waals surface area contributed by atoms with E-state index in [1.165, 1.54) is 0 Å². The molecule has 88 valence electrons. The van der Waals surface area contributed by atoms with Crippen LogP contribution in [0.3, 0.4) is 0 Å². The van der Waals surface area contributed by atoms with Gasteiger partial charge >= 0.3 is 0 Å². The van der Waals surface area contributed by atoms with Crippen molar-refractivity contribution in [1.82, 2.24) is 19.7 Å². The SMILES string of the molecule is Cn1cnc(CNc2cc(C(N)=S)ccn2)n1. The number of aryl methyl sites for hydroxylation is 1. The Labute approximate surface area is 104 Å². The number of aromatic nitrogens is 4. The Morgan fingerprint density at radius 1 is 1.53 bits per heavy atom. The number of pyridine rings is 1. The molecule has 0 aliphatic carbocycles. The van der Waals surface area contributed by atoms with Crippen LogP contribution in [0.2, 0.25) is 0 Å². The summed E-state index contributed by atoms with van der Waals surface area (Å²) in [6.07, 6.45) is 3.30. The van der Waals surface area contributed by atoms with Crippen LogP contribution in [-0.2, 0) is 13.6 Å². The fourth-order valence-corrected chi connectivity index (χ4v) is 1.44. The van der Waals surface area contributed by atoms with E-state index in [9.17, 15) is 0 Å². The highest BCUT2D eigenvalue weighted by Crippen LogP contribution is 2.07. The molecular formula is C10H12N6S. The van der Waals surface area contributed by atoms with Gasteiger partial charge in [-0.2, -0.15) is 5.10 Å². The van der Waals surface area contributed by atoms with Gasteiger partial charge in [0, 0.05) is 18.8 Å². The second-order valence-corrected chi connectivity index (χ2v) is 3.92. The summed E-state index contributed by atoms with van der Waals surface area (Å²) in [5, 5.41) is 7.25. The quantitative estimate of drug-likeness (QED) is 0.765. The van der Waals surface area contributed by atoms with Crippen LogP contribution in [0.5, 0.6) is 0 Å². The Morgan fingerprint density at radius 2 is 2.35 bits per heavy atom. The zero-order valence-corrected chi connectivity index (χ0v) is 10.1. The maximum atomic E-state index is 5.54. The van der Waals surface area contributed by atoms with Gasteiger partial charge < -0.3 is 11.1 Å². The van der Waals surface area contributed by atoms with Crippen molar-refractivity contribution in [2.24, 2.45) is 12.8 Å². The molecule has 0 saturated heterocycles. The lowest BCUT2D eigenvalue weighted by Crippen LogP contribution is -2.11. The molecule has 0 saturated carbocycles.